The summed E-state index contributed by atoms with van der Waals surface area (Å²) in [4.78, 5) is 11.1. The molecule has 0 unspecified atom stereocenters. The van der Waals surface area contributed by atoms with Crippen LogP contribution in [0, 0.1) is 6.92 Å². The number of carboxylic acid groups (broad SMARTS) is 1. The Morgan fingerprint density at radius 3 is 2.26 bits per heavy atom. The summed E-state index contributed by atoms with van der Waals surface area (Å²) in [6.07, 6.45) is 0. The minimum absolute atomic E-state index is 0.403. The SMILES string of the molecule is Cc1ccccc1CSCc1ccccc1C(=O)O. The standard InChI is InChI=1S/C16H16O2S/c1-12-6-2-3-7-13(12)10-19-11-14-8-4-5-9-15(14)16(17)18/h2-9H,10-11H2,1H3,(H,17,18). The van der Waals surface area contributed by atoms with E-state index < -0.39 is 5.97 Å². The number of thioether (sulfide) groups is 1. The summed E-state index contributed by atoms with van der Waals surface area (Å²) in [6.45, 7) is 2.10. The second kappa shape index (κ2) is 6.43. The van der Waals surface area contributed by atoms with Crippen LogP contribution in [0.5, 0.6) is 0 Å². The van der Waals surface area contributed by atoms with Crippen LogP contribution in [0.4, 0.5) is 0 Å². The highest BCUT2D eigenvalue weighted by molar-refractivity contribution is 7.97. The molecule has 2 nitrogen and oxygen atoms in total. The Morgan fingerprint density at radius 1 is 1.00 bits per heavy atom. The minimum Gasteiger partial charge on any atom is -0.478 e. The molecule has 0 amide bonds. The third-order valence-electron chi connectivity index (χ3n) is 3.02. The fourth-order valence-electron chi connectivity index (χ4n) is 1.90. The van der Waals surface area contributed by atoms with Gasteiger partial charge in [-0.2, -0.15) is 11.8 Å². The van der Waals surface area contributed by atoms with Crippen LogP contribution < -0.4 is 0 Å². The second-order valence-corrected chi connectivity index (χ2v) is 5.37. The Morgan fingerprint density at radius 2 is 1.58 bits per heavy atom. The highest BCUT2D eigenvalue weighted by atomic mass is 32.2. The molecule has 0 aliphatic heterocycles. The largest absolute Gasteiger partial charge is 0.478 e. The molecule has 98 valence electrons. The van der Waals surface area contributed by atoms with Crippen LogP contribution in [-0.2, 0) is 11.5 Å². The van der Waals surface area contributed by atoms with Crippen molar-refractivity contribution >= 4 is 17.7 Å². The molecule has 2 rings (SSSR count). The predicted molar refractivity (Wildman–Crippen MR) is 79.6 cm³/mol. The lowest BCUT2D eigenvalue weighted by Crippen LogP contribution is -2.01. The molecule has 2 aromatic carbocycles. The summed E-state index contributed by atoms with van der Waals surface area (Å²) in [7, 11) is 0. The molecule has 19 heavy (non-hydrogen) atoms. The third-order valence-corrected chi connectivity index (χ3v) is 4.05. The highest BCUT2D eigenvalue weighted by Crippen LogP contribution is 2.22. The molecule has 0 spiro atoms. The molecule has 0 aliphatic rings. The number of aryl methyl sites for hydroxylation is 1. The van der Waals surface area contributed by atoms with Crippen molar-refractivity contribution in [3.05, 3.63) is 70.8 Å². The summed E-state index contributed by atoms with van der Waals surface area (Å²) >= 11 is 1.74. The van der Waals surface area contributed by atoms with Gasteiger partial charge in [0, 0.05) is 11.5 Å². The van der Waals surface area contributed by atoms with Crippen LogP contribution >= 0.6 is 11.8 Å². The van der Waals surface area contributed by atoms with Crippen molar-refractivity contribution in [2.24, 2.45) is 0 Å². The molecular weight excluding hydrogens is 256 g/mol. The molecule has 0 bridgehead atoms. The first kappa shape index (κ1) is 13.7. The average Bonchev–Trinajstić information content (AvgIpc) is 2.41. The zero-order chi connectivity index (χ0) is 13.7. The van der Waals surface area contributed by atoms with E-state index >= 15 is 0 Å². The molecule has 3 heteroatoms. The maximum atomic E-state index is 11.1. The van der Waals surface area contributed by atoms with Gasteiger partial charge in [0.25, 0.3) is 0 Å². The van der Waals surface area contributed by atoms with Crippen LogP contribution in [-0.4, -0.2) is 11.1 Å². The van der Waals surface area contributed by atoms with Gasteiger partial charge in [0.15, 0.2) is 0 Å². The van der Waals surface area contributed by atoms with Gasteiger partial charge >= 0.3 is 5.97 Å². The molecule has 0 heterocycles. The van der Waals surface area contributed by atoms with Gasteiger partial charge in [-0.05, 0) is 29.7 Å². The number of carbonyl (C=O) groups is 1. The van der Waals surface area contributed by atoms with Crippen molar-refractivity contribution in [2.45, 2.75) is 18.4 Å². The van der Waals surface area contributed by atoms with Crippen molar-refractivity contribution in [3.63, 3.8) is 0 Å². The molecular formula is C16H16O2S. The molecule has 0 radical (unpaired) electrons. The van der Waals surface area contributed by atoms with E-state index in [-0.39, 0.29) is 0 Å². The predicted octanol–water partition coefficient (Wildman–Crippen LogP) is 4.13. The number of carboxylic acids is 1. The lowest BCUT2D eigenvalue weighted by atomic mass is 10.1. The van der Waals surface area contributed by atoms with Crippen LogP contribution in [0.3, 0.4) is 0 Å². The molecule has 0 atom stereocenters. The van der Waals surface area contributed by atoms with E-state index in [2.05, 4.69) is 19.1 Å². The number of rotatable bonds is 5. The van der Waals surface area contributed by atoms with Crippen molar-refractivity contribution in [3.8, 4) is 0 Å². The first-order valence-electron chi connectivity index (χ1n) is 6.12. The van der Waals surface area contributed by atoms with Crippen molar-refractivity contribution < 1.29 is 9.90 Å². The van der Waals surface area contributed by atoms with Gasteiger partial charge in [0.2, 0.25) is 0 Å². The topological polar surface area (TPSA) is 37.3 Å². The molecule has 0 saturated heterocycles. The fraction of sp³-hybridized carbons (Fsp3) is 0.188. The Kier molecular flexibility index (Phi) is 4.63. The molecule has 2 aromatic rings. The first-order valence-corrected chi connectivity index (χ1v) is 7.27. The third kappa shape index (κ3) is 3.61. The monoisotopic (exact) mass is 272 g/mol. The van der Waals surface area contributed by atoms with Crippen LogP contribution in [0.1, 0.15) is 27.0 Å². The Labute approximate surface area is 117 Å². The van der Waals surface area contributed by atoms with Crippen LogP contribution in [0.25, 0.3) is 0 Å². The van der Waals surface area contributed by atoms with E-state index in [0.29, 0.717) is 5.56 Å². The summed E-state index contributed by atoms with van der Waals surface area (Å²) in [5, 5.41) is 9.12. The van der Waals surface area contributed by atoms with Crippen LogP contribution in [0.2, 0.25) is 0 Å². The van der Waals surface area contributed by atoms with Gasteiger partial charge in [-0.15, -0.1) is 0 Å². The Bertz CT molecular complexity index is 578. The number of hydrogen-bond acceptors (Lipinski definition) is 2. The smallest absolute Gasteiger partial charge is 0.335 e. The summed E-state index contributed by atoms with van der Waals surface area (Å²) in [6, 6.07) is 15.5. The first-order chi connectivity index (χ1) is 9.18. The van der Waals surface area contributed by atoms with E-state index in [1.54, 1.807) is 23.9 Å². The quantitative estimate of drug-likeness (QED) is 0.889. The maximum absolute atomic E-state index is 11.1. The molecule has 0 aliphatic carbocycles. The van der Waals surface area contributed by atoms with Gasteiger partial charge < -0.3 is 5.11 Å². The Hall–Kier alpha value is -1.74. The van der Waals surface area contributed by atoms with E-state index in [0.717, 1.165) is 17.1 Å². The van der Waals surface area contributed by atoms with Gasteiger partial charge in [0.05, 0.1) is 5.56 Å². The van der Waals surface area contributed by atoms with E-state index in [4.69, 9.17) is 5.11 Å². The average molecular weight is 272 g/mol. The Balaban J connectivity index is 2.00. The number of hydrogen-bond donors (Lipinski definition) is 1. The van der Waals surface area contributed by atoms with Gasteiger partial charge in [-0.25, -0.2) is 4.79 Å². The normalized spacial score (nSPS) is 10.4. The maximum Gasteiger partial charge on any atom is 0.335 e. The van der Waals surface area contributed by atoms with E-state index in [9.17, 15) is 4.79 Å². The highest BCUT2D eigenvalue weighted by Gasteiger charge is 2.08. The summed E-state index contributed by atoms with van der Waals surface area (Å²) in [5.41, 5.74) is 3.87. The van der Waals surface area contributed by atoms with Crippen molar-refractivity contribution in [1.82, 2.24) is 0 Å². The molecule has 0 fully saturated rings. The van der Waals surface area contributed by atoms with Gasteiger partial charge in [-0.1, -0.05) is 42.5 Å². The number of aromatic carboxylic acids is 1. The molecule has 0 saturated carbocycles. The van der Waals surface area contributed by atoms with E-state index in [1.807, 2.05) is 24.3 Å². The second-order valence-electron chi connectivity index (χ2n) is 4.38. The number of benzene rings is 2. The van der Waals surface area contributed by atoms with Gasteiger partial charge in [-0.3, -0.25) is 0 Å². The summed E-state index contributed by atoms with van der Waals surface area (Å²) < 4.78 is 0. The lowest BCUT2D eigenvalue weighted by molar-refractivity contribution is 0.0696. The fourth-order valence-corrected chi connectivity index (χ4v) is 3.02. The van der Waals surface area contributed by atoms with E-state index in [1.165, 1.54) is 11.1 Å². The lowest BCUT2D eigenvalue weighted by Gasteiger charge is -2.07. The zero-order valence-electron chi connectivity index (χ0n) is 10.8. The van der Waals surface area contributed by atoms with Crippen LogP contribution in [0.15, 0.2) is 48.5 Å². The minimum atomic E-state index is -0.855. The van der Waals surface area contributed by atoms with Gasteiger partial charge in [0.1, 0.15) is 0 Å². The zero-order valence-corrected chi connectivity index (χ0v) is 11.6. The molecule has 0 aromatic heterocycles. The van der Waals surface area contributed by atoms with Crippen molar-refractivity contribution in [1.29, 1.82) is 0 Å². The molecule has 1 N–H and O–H groups in total. The summed E-state index contributed by atoms with van der Waals surface area (Å²) in [5.74, 6) is 0.768. The van der Waals surface area contributed by atoms with Crippen molar-refractivity contribution in [2.75, 3.05) is 0 Å².